The van der Waals surface area contributed by atoms with Gasteiger partial charge in [0.05, 0.1) is 39.7 Å². The fourth-order valence-corrected chi connectivity index (χ4v) is 5.92. The first-order chi connectivity index (χ1) is 19.9. The van der Waals surface area contributed by atoms with Gasteiger partial charge in [-0.25, -0.2) is 0 Å². The highest BCUT2D eigenvalue weighted by molar-refractivity contribution is 7.80. The molecule has 0 saturated carbocycles. The van der Waals surface area contributed by atoms with Gasteiger partial charge in [-0.05, 0) is 80.2 Å². The molecule has 2 aromatic heterocycles. The van der Waals surface area contributed by atoms with E-state index in [1.165, 1.54) is 12.1 Å². The average Bonchev–Trinajstić information content (AvgIpc) is 3.44. The van der Waals surface area contributed by atoms with E-state index in [0.717, 1.165) is 17.3 Å². The number of amides is 1. The summed E-state index contributed by atoms with van der Waals surface area (Å²) in [6, 6.07) is 17.4. The number of carbonyl (C=O) groups excluding carboxylic acids is 1. The van der Waals surface area contributed by atoms with Crippen LogP contribution in [0.15, 0.2) is 72.9 Å². The molecule has 1 amide bonds. The Labute approximate surface area is 252 Å². The van der Waals surface area contributed by atoms with E-state index < -0.39 is 23.8 Å². The third-order valence-corrected chi connectivity index (χ3v) is 7.98. The summed E-state index contributed by atoms with van der Waals surface area (Å²) < 4.78 is 43.7. The number of para-hydroxylation sites is 1. The first-order valence-corrected chi connectivity index (χ1v) is 14.1. The third kappa shape index (κ3) is 5.48. The van der Waals surface area contributed by atoms with E-state index in [4.69, 9.17) is 23.8 Å². The molecule has 0 aliphatic carbocycles. The summed E-state index contributed by atoms with van der Waals surface area (Å²) in [7, 11) is 0. The zero-order chi connectivity index (χ0) is 30.3. The van der Waals surface area contributed by atoms with Gasteiger partial charge in [-0.1, -0.05) is 43.6 Å². The molecule has 4 aromatic rings. The van der Waals surface area contributed by atoms with Crippen molar-refractivity contribution in [2.45, 2.75) is 46.0 Å². The van der Waals surface area contributed by atoms with Crippen molar-refractivity contribution >= 4 is 46.2 Å². The van der Waals surface area contributed by atoms with Crippen molar-refractivity contribution in [1.29, 1.82) is 0 Å². The molecule has 1 fully saturated rings. The first-order valence-electron chi connectivity index (χ1n) is 13.3. The minimum absolute atomic E-state index is 0.0500. The lowest BCUT2D eigenvalue weighted by Gasteiger charge is -2.29. The Bertz CT molecular complexity index is 1650. The fourth-order valence-electron chi connectivity index (χ4n) is 5.35. The van der Waals surface area contributed by atoms with Gasteiger partial charge in [0.2, 0.25) is 5.91 Å². The number of aryl methyl sites for hydroxylation is 1. The van der Waals surface area contributed by atoms with E-state index in [0.29, 0.717) is 32.9 Å². The number of alkyl halides is 3. The molecule has 11 heteroatoms. The number of benzene rings is 2. The molecule has 1 saturated heterocycles. The quantitative estimate of drug-likeness (QED) is 0.217. The lowest BCUT2D eigenvalue weighted by molar-refractivity contribution is -0.137. The number of hydrogen-bond acceptors (Lipinski definition) is 3. The third-order valence-electron chi connectivity index (χ3n) is 7.35. The largest absolute Gasteiger partial charge is 0.418 e. The smallest absolute Gasteiger partial charge is 0.351 e. The number of halogens is 4. The van der Waals surface area contributed by atoms with Crippen LogP contribution in [0.5, 0.6) is 0 Å². The van der Waals surface area contributed by atoms with E-state index in [1.807, 2.05) is 42.2 Å². The Morgan fingerprint density at radius 1 is 1.07 bits per heavy atom. The standard InChI is InChI=1S/C31H29ClF3N5OS/c1-17(2)29(41)37-24-13-12-20(16-23(24)32)40-28(27(38-30(40)42)25-10-7-8-14-36-25)21-15-18(3)39(19(21)4)26-11-6-5-9-22(26)31(33,34)35/h5-17,27-28H,1-4H3,(H,37,41)(H,38,42)/t27-,28+/m0/s1. The van der Waals surface area contributed by atoms with Crippen LogP contribution in [0, 0.1) is 19.8 Å². The van der Waals surface area contributed by atoms with E-state index in [1.54, 1.807) is 49.7 Å². The maximum atomic E-state index is 14.0. The van der Waals surface area contributed by atoms with Crippen molar-refractivity contribution in [3.8, 4) is 5.69 Å². The van der Waals surface area contributed by atoms with Crippen LogP contribution in [0.25, 0.3) is 5.69 Å². The van der Waals surface area contributed by atoms with Gasteiger partial charge in [0.25, 0.3) is 0 Å². The first kappa shape index (κ1) is 29.6. The molecule has 42 heavy (non-hydrogen) atoms. The van der Waals surface area contributed by atoms with E-state index in [2.05, 4.69) is 15.6 Å². The molecule has 0 spiro atoms. The summed E-state index contributed by atoms with van der Waals surface area (Å²) in [6.07, 6.45) is -2.84. The highest BCUT2D eigenvalue weighted by Gasteiger charge is 2.43. The van der Waals surface area contributed by atoms with Crippen LogP contribution >= 0.6 is 23.8 Å². The Morgan fingerprint density at radius 3 is 2.43 bits per heavy atom. The van der Waals surface area contributed by atoms with E-state index >= 15 is 0 Å². The number of nitrogens with zero attached hydrogens (tertiary/aromatic N) is 3. The topological polar surface area (TPSA) is 62.2 Å². The lowest BCUT2D eigenvalue weighted by Crippen LogP contribution is -2.29. The predicted octanol–water partition coefficient (Wildman–Crippen LogP) is 7.93. The second kappa shape index (κ2) is 11.4. The summed E-state index contributed by atoms with van der Waals surface area (Å²) >= 11 is 12.4. The van der Waals surface area contributed by atoms with Gasteiger partial charge in [0, 0.05) is 29.2 Å². The molecule has 0 radical (unpaired) electrons. The van der Waals surface area contributed by atoms with E-state index in [-0.39, 0.29) is 17.5 Å². The number of rotatable bonds is 6. The Morgan fingerprint density at radius 2 is 1.79 bits per heavy atom. The van der Waals surface area contributed by atoms with Crippen molar-refractivity contribution in [2.24, 2.45) is 5.92 Å². The molecule has 3 heterocycles. The van der Waals surface area contributed by atoms with Crippen LogP contribution in [0.1, 0.15) is 54.1 Å². The van der Waals surface area contributed by atoms with Gasteiger partial charge in [-0.3, -0.25) is 9.78 Å². The molecule has 1 aliphatic rings. The molecule has 2 N–H and O–H groups in total. The second-order valence-corrected chi connectivity index (χ2v) is 11.3. The highest BCUT2D eigenvalue weighted by Crippen LogP contribution is 2.45. The van der Waals surface area contributed by atoms with Crippen molar-refractivity contribution in [1.82, 2.24) is 14.9 Å². The van der Waals surface area contributed by atoms with Crippen molar-refractivity contribution in [3.05, 3.63) is 106 Å². The average molecular weight is 612 g/mol. The Hall–Kier alpha value is -3.89. The predicted molar refractivity (Wildman–Crippen MR) is 163 cm³/mol. The lowest BCUT2D eigenvalue weighted by atomic mass is 9.96. The zero-order valence-electron chi connectivity index (χ0n) is 23.3. The molecule has 0 unspecified atom stereocenters. The SMILES string of the molecule is Cc1cc([C@@H]2[C@H](c3ccccn3)NC(=S)N2c2ccc(NC(=O)C(C)C)c(Cl)c2)c(C)n1-c1ccccc1C(F)(F)F. The van der Waals surface area contributed by atoms with Crippen LogP contribution in [0.4, 0.5) is 24.5 Å². The normalized spacial score (nSPS) is 17.1. The Kier molecular flexibility index (Phi) is 8.04. The van der Waals surface area contributed by atoms with Crippen LogP contribution in [-0.4, -0.2) is 20.6 Å². The molecule has 5 rings (SSSR count). The van der Waals surface area contributed by atoms with Gasteiger partial charge in [-0.2, -0.15) is 13.2 Å². The van der Waals surface area contributed by atoms with Gasteiger partial charge >= 0.3 is 6.18 Å². The molecular weight excluding hydrogens is 583 g/mol. The number of nitrogens with one attached hydrogen (secondary N) is 2. The molecule has 2 atom stereocenters. The van der Waals surface area contributed by atoms with Crippen LogP contribution in [0.3, 0.4) is 0 Å². The van der Waals surface area contributed by atoms with Crippen LogP contribution < -0.4 is 15.5 Å². The summed E-state index contributed by atoms with van der Waals surface area (Å²) in [5.74, 6) is -0.389. The van der Waals surface area contributed by atoms with Crippen molar-refractivity contribution in [2.75, 3.05) is 10.2 Å². The monoisotopic (exact) mass is 611 g/mol. The minimum atomic E-state index is -4.53. The maximum Gasteiger partial charge on any atom is 0.418 e. The molecule has 6 nitrogen and oxygen atoms in total. The number of carbonyl (C=O) groups is 1. The van der Waals surface area contributed by atoms with E-state index in [9.17, 15) is 18.0 Å². The van der Waals surface area contributed by atoms with Crippen LogP contribution in [-0.2, 0) is 11.0 Å². The maximum absolute atomic E-state index is 14.0. The van der Waals surface area contributed by atoms with Crippen molar-refractivity contribution < 1.29 is 18.0 Å². The van der Waals surface area contributed by atoms with Gasteiger partial charge < -0.3 is 20.1 Å². The molecular formula is C31H29ClF3N5OS. The van der Waals surface area contributed by atoms with Gasteiger partial charge in [-0.15, -0.1) is 0 Å². The zero-order valence-corrected chi connectivity index (χ0v) is 24.9. The highest BCUT2D eigenvalue weighted by atomic mass is 35.5. The number of aromatic nitrogens is 2. The van der Waals surface area contributed by atoms with Crippen LogP contribution in [0.2, 0.25) is 5.02 Å². The molecule has 2 aromatic carbocycles. The fraction of sp³-hybridized carbons (Fsp3) is 0.258. The van der Waals surface area contributed by atoms with Gasteiger partial charge in [0.1, 0.15) is 0 Å². The number of thiocarbonyl (C=S) groups is 1. The molecule has 1 aliphatic heterocycles. The minimum Gasteiger partial charge on any atom is -0.351 e. The van der Waals surface area contributed by atoms with Crippen molar-refractivity contribution in [3.63, 3.8) is 0 Å². The molecule has 0 bridgehead atoms. The van der Waals surface area contributed by atoms with Gasteiger partial charge in [0.15, 0.2) is 5.11 Å². The number of hydrogen-bond donors (Lipinski definition) is 2. The second-order valence-electron chi connectivity index (χ2n) is 10.5. The summed E-state index contributed by atoms with van der Waals surface area (Å²) in [5.41, 5.74) is 3.23. The number of pyridine rings is 1. The molecule has 218 valence electrons. The summed E-state index contributed by atoms with van der Waals surface area (Å²) in [6.45, 7) is 7.17. The number of anilines is 2. The Balaban J connectivity index is 1.65. The summed E-state index contributed by atoms with van der Waals surface area (Å²) in [5, 5.41) is 6.94. The summed E-state index contributed by atoms with van der Waals surface area (Å²) in [4.78, 5) is 18.7.